The van der Waals surface area contributed by atoms with Crippen LogP contribution in [-0.4, -0.2) is 38.6 Å². The Morgan fingerprint density at radius 1 is 1.40 bits per heavy atom. The van der Waals surface area contributed by atoms with Crippen molar-refractivity contribution >= 4 is 15.9 Å². The monoisotopic (exact) mass is 343 g/mol. The maximum atomic E-state index is 9.95. The molecule has 110 valence electrons. The summed E-state index contributed by atoms with van der Waals surface area (Å²) >= 11 is 3.40. The topological polar surface area (TPSA) is 71.7 Å². The zero-order valence-corrected chi connectivity index (χ0v) is 13.3. The Kier molecular flexibility index (Phi) is 6.79. The van der Waals surface area contributed by atoms with Crippen molar-refractivity contribution in [1.82, 2.24) is 0 Å². The Balaban J connectivity index is 3.19. The molecule has 1 rings (SSSR count). The molecule has 2 unspecified atom stereocenters. The van der Waals surface area contributed by atoms with Gasteiger partial charge in [-0.05, 0) is 40.5 Å². The molecule has 2 atom stereocenters. The number of nitrogens with zero attached hydrogens (tertiary/aromatic N) is 1. The smallest absolute Gasteiger partial charge is 0.175 e. The third kappa shape index (κ3) is 3.85. The predicted molar refractivity (Wildman–Crippen MR) is 78.1 cm³/mol. The van der Waals surface area contributed by atoms with Gasteiger partial charge in [0, 0.05) is 7.11 Å². The lowest BCUT2D eigenvalue weighted by atomic mass is 9.95. The molecule has 1 N–H and O–H groups in total. The molecule has 0 spiro atoms. The Labute approximate surface area is 127 Å². The summed E-state index contributed by atoms with van der Waals surface area (Å²) in [4.78, 5) is 0. The largest absolute Gasteiger partial charge is 0.493 e. The van der Waals surface area contributed by atoms with Crippen LogP contribution in [0.5, 0.6) is 11.5 Å². The number of nitriles is 1. The van der Waals surface area contributed by atoms with Crippen molar-refractivity contribution in [2.45, 2.75) is 18.9 Å². The van der Waals surface area contributed by atoms with Crippen LogP contribution in [-0.2, 0) is 4.74 Å². The Bertz CT molecular complexity index is 487. The molecule has 6 heteroatoms. The summed E-state index contributed by atoms with van der Waals surface area (Å²) in [5.41, 5.74) is 0.643. The van der Waals surface area contributed by atoms with Gasteiger partial charge in [-0.3, -0.25) is 0 Å². The van der Waals surface area contributed by atoms with Crippen molar-refractivity contribution < 1.29 is 19.3 Å². The lowest BCUT2D eigenvalue weighted by Gasteiger charge is -2.19. The second kappa shape index (κ2) is 8.10. The van der Waals surface area contributed by atoms with Crippen LogP contribution in [0.15, 0.2) is 16.6 Å². The van der Waals surface area contributed by atoms with Crippen molar-refractivity contribution in [3.05, 3.63) is 22.2 Å². The molecule has 1 aromatic carbocycles. The van der Waals surface area contributed by atoms with E-state index >= 15 is 0 Å². The fourth-order valence-corrected chi connectivity index (χ4v) is 2.43. The van der Waals surface area contributed by atoms with Crippen molar-refractivity contribution in [2.24, 2.45) is 0 Å². The van der Waals surface area contributed by atoms with E-state index in [1.165, 1.54) is 14.2 Å². The van der Waals surface area contributed by atoms with E-state index in [4.69, 9.17) is 14.2 Å². The molecule has 0 saturated heterocycles. The molecular weight excluding hydrogens is 326 g/mol. The summed E-state index contributed by atoms with van der Waals surface area (Å²) in [5, 5.41) is 19.2. The van der Waals surface area contributed by atoms with Gasteiger partial charge < -0.3 is 19.3 Å². The van der Waals surface area contributed by atoms with Gasteiger partial charge in [-0.15, -0.1) is 0 Å². The van der Waals surface area contributed by atoms with Crippen molar-refractivity contribution in [1.29, 1.82) is 5.26 Å². The second-order valence-electron chi connectivity index (χ2n) is 4.10. The van der Waals surface area contributed by atoms with Crippen molar-refractivity contribution in [3.8, 4) is 17.6 Å². The van der Waals surface area contributed by atoms with Crippen LogP contribution in [0.3, 0.4) is 0 Å². The fourth-order valence-electron chi connectivity index (χ4n) is 1.85. The molecule has 0 aliphatic rings. The highest BCUT2D eigenvalue weighted by Gasteiger charge is 2.23. The average molecular weight is 344 g/mol. The van der Waals surface area contributed by atoms with E-state index in [-0.39, 0.29) is 6.61 Å². The summed E-state index contributed by atoms with van der Waals surface area (Å²) in [5.74, 6) is 0.397. The molecule has 0 aromatic heterocycles. The zero-order valence-electron chi connectivity index (χ0n) is 11.7. The molecule has 5 nitrogen and oxygen atoms in total. The predicted octanol–water partition coefficient (Wildman–Crippen LogP) is 2.47. The third-order valence-corrected chi connectivity index (χ3v) is 3.35. The number of rotatable bonds is 7. The van der Waals surface area contributed by atoms with Crippen LogP contribution in [0.25, 0.3) is 0 Å². The molecule has 0 heterocycles. The number of ether oxygens (including phenoxy) is 3. The van der Waals surface area contributed by atoms with Crippen LogP contribution < -0.4 is 9.47 Å². The summed E-state index contributed by atoms with van der Waals surface area (Å²) in [7, 11) is 3.01. The molecule has 0 saturated carbocycles. The van der Waals surface area contributed by atoms with Gasteiger partial charge in [0.15, 0.2) is 11.5 Å². The van der Waals surface area contributed by atoms with Gasteiger partial charge in [0.05, 0.1) is 42.9 Å². The SMILES string of the molecule is CCOc1c(Br)cc(C(C#N)C(O)COC)cc1OC. The van der Waals surface area contributed by atoms with Gasteiger partial charge in [0.25, 0.3) is 0 Å². The number of hydrogen-bond donors (Lipinski definition) is 1. The minimum atomic E-state index is -0.903. The fraction of sp³-hybridized carbons (Fsp3) is 0.500. The van der Waals surface area contributed by atoms with Gasteiger partial charge in [0.2, 0.25) is 0 Å². The standard InChI is InChI=1S/C14H18BrNO4/c1-4-20-14-11(15)5-9(6-13(14)19-3)10(7-16)12(17)8-18-2/h5-6,10,12,17H,4,8H2,1-3H3. The Morgan fingerprint density at radius 3 is 2.60 bits per heavy atom. The molecule has 0 radical (unpaired) electrons. The van der Waals surface area contributed by atoms with E-state index < -0.39 is 12.0 Å². The molecular formula is C14H18BrNO4. The minimum Gasteiger partial charge on any atom is -0.493 e. The first-order valence-corrected chi connectivity index (χ1v) is 6.95. The third-order valence-electron chi connectivity index (χ3n) is 2.76. The summed E-state index contributed by atoms with van der Waals surface area (Å²) in [6.45, 7) is 2.47. The van der Waals surface area contributed by atoms with E-state index in [0.29, 0.717) is 28.1 Å². The average Bonchev–Trinajstić information content (AvgIpc) is 2.42. The number of aliphatic hydroxyl groups is 1. The first kappa shape index (κ1) is 16.8. The second-order valence-corrected chi connectivity index (χ2v) is 4.95. The highest BCUT2D eigenvalue weighted by atomic mass is 79.9. The molecule has 1 aromatic rings. The number of hydrogen-bond acceptors (Lipinski definition) is 5. The molecule has 0 aliphatic heterocycles. The van der Waals surface area contributed by atoms with Crippen molar-refractivity contribution in [2.75, 3.05) is 27.4 Å². The molecule has 0 fully saturated rings. The molecule has 0 bridgehead atoms. The Morgan fingerprint density at radius 2 is 2.10 bits per heavy atom. The van der Waals surface area contributed by atoms with Gasteiger partial charge in [-0.25, -0.2) is 0 Å². The van der Waals surface area contributed by atoms with Crippen LogP contribution in [0.2, 0.25) is 0 Å². The number of halogens is 1. The maximum Gasteiger partial charge on any atom is 0.175 e. The first-order valence-electron chi connectivity index (χ1n) is 6.15. The van der Waals surface area contributed by atoms with Crippen LogP contribution in [0, 0.1) is 11.3 Å². The summed E-state index contributed by atoms with van der Waals surface area (Å²) in [6, 6.07) is 5.53. The van der Waals surface area contributed by atoms with E-state index in [1.54, 1.807) is 12.1 Å². The van der Waals surface area contributed by atoms with Crippen LogP contribution >= 0.6 is 15.9 Å². The molecule has 20 heavy (non-hydrogen) atoms. The number of aliphatic hydroxyl groups excluding tert-OH is 1. The maximum absolute atomic E-state index is 9.95. The number of methoxy groups -OCH3 is 2. The molecule has 0 aliphatic carbocycles. The summed E-state index contributed by atoms with van der Waals surface area (Å²) in [6.07, 6.45) is -0.903. The lowest BCUT2D eigenvalue weighted by Crippen LogP contribution is -2.22. The van der Waals surface area contributed by atoms with Crippen molar-refractivity contribution in [3.63, 3.8) is 0 Å². The highest BCUT2D eigenvalue weighted by molar-refractivity contribution is 9.10. The minimum absolute atomic E-state index is 0.0887. The van der Waals surface area contributed by atoms with Gasteiger partial charge in [-0.2, -0.15) is 5.26 Å². The first-order chi connectivity index (χ1) is 9.58. The Hall–Kier alpha value is -1.29. The summed E-state index contributed by atoms with van der Waals surface area (Å²) < 4.78 is 16.3. The highest BCUT2D eigenvalue weighted by Crippen LogP contribution is 2.39. The van der Waals surface area contributed by atoms with E-state index in [9.17, 15) is 10.4 Å². The quantitative estimate of drug-likeness (QED) is 0.823. The van der Waals surface area contributed by atoms with Gasteiger partial charge >= 0.3 is 0 Å². The van der Waals surface area contributed by atoms with Gasteiger partial charge in [0.1, 0.15) is 0 Å². The van der Waals surface area contributed by atoms with E-state index in [0.717, 1.165) is 0 Å². The van der Waals surface area contributed by atoms with Crippen LogP contribution in [0.4, 0.5) is 0 Å². The van der Waals surface area contributed by atoms with E-state index in [2.05, 4.69) is 22.0 Å². The normalized spacial score (nSPS) is 13.4. The van der Waals surface area contributed by atoms with Crippen LogP contribution in [0.1, 0.15) is 18.4 Å². The number of benzene rings is 1. The molecule has 0 amide bonds. The van der Waals surface area contributed by atoms with Gasteiger partial charge in [-0.1, -0.05) is 0 Å². The lowest BCUT2D eigenvalue weighted by molar-refractivity contribution is 0.0571. The van der Waals surface area contributed by atoms with E-state index in [1.807, 2.05) is 6.92 Å². The zero-order chi connectivity index (χ0) is 15.1.